The van der Waals surface area contributed by atoms with Crippen molar-refractivity contribution in [2.75, 3.05) is 29.4 Å². The Morgan fingerprint density at radius 3 is 2.40 bits per heavy atom. The fourth-order valence-corrected chi connectivity index (χ4v) is 3.13. The van der Waals surface area contributed by atoms with Crippen LogP contribution in [0.1, 0.15) is 13.3 Å². The summed E-state index contributed by atoms with van der Waals surface area (Å²) >= 11 is 0. The third-order valence-electron chi connectivity index (χ3n) is 4.40. The molecule has 2 aromatic carbocycles. The number of hydrogen-bond donors (Lipinski definition) is 1. The van der Waals surface area contributed by atoms with Gasteiger partial charge in [0, 0.05) is 30.9 Å². The highest BCUT2D eigenvalue weighted by molar-refractivity contribution is 5.97. The summed E-state index contributed by atoms with van der Waals surface area (Å²) in [6, 6.07) is 19.3. The molecule has 2 aromatic rings. The molecule has 25 heavy (non-hydrogen) atoms. The lowest BCUT2D eigenvalue weighted by Gasteiger charge is -2.23. The molecular weight excluding hydrogens is 314 g/mol. The summed E-state index contributed by atoms with van der Waals surface area (Å²) in [6.45, 7) is 3.58. The summed E-state index contributed by atoms with van der Waals surface area (Å²) in [7, 11) is 0. The maximum atomic E-state index is 12.4. The van der Waals surface area contributed by atoms with E-state index in [0.717, 1.165) is 17.9 Å². The molecule has 0 bridgehead atoms. The average molecular weight is 337 g/mol. The number of nitrogens with zero attached hydrogens (tertiary/aromatic N) is 2. The third kappa shape index (κ3) is 4.18. The molecule has 1 aliphatic heterocycles. The summed E-state index contributed by atoms with van der Waals surface area (Å²) in [5, 5.41) is 3.00. The molecule has 130 valence electrons. The van der Waals surface area contributed by atoms with Crippen LogP contribution in [0.25, 0.3) is 0 Å². The second-order valence-electron chi connectivity index (χ2n) is 6.16. The fourth-order valence-electron chi connectivity index (χ4n) is 3.13. The van der Waals surface area contributed by atoms with Crippen molar-refractivity contribution in [2.45, 2.75) is 19.4 Å². The van der Waals surface area contributed by atoms with Crippen LogP contribution in [-0.2, 0) is 9.59 Å². The van der Waals surface area contributed by atoms with Gasteiger partial charge in [0.1, 0.15) is 0 Å². The van der Waals surface area contributed by atoms with Gasteiger partial charge in [-0.1, -0.05) is 36.4 Å². The predicted molar refractivity (Wildman–Crippen MR) is 99.7 cm³/mol. The number of amides is 2. The van der Waals surface area contributed by atoms with Crippen LogP contribution in [-0.4, -0.2) is 37.5 Å². The summed E-state index contributed by atoms with van der Waals surface area (Å²) < 4.78 is 0. The number of carbonyl (C=O) groups excluding carboxylic acids is 2. The number of para-hydroxylation sites is 2. The standard InChI is InChI=1S/C20H23N3O2/c1-2-22(17-9-5-3-6-10-17)15-19(24)21-16-13-20(25)23(14-16)18-11-7-4-8-12-18/h3-12,16H,2,13-15H2,1H3,(H,21,24). The molecule has 1 aliphatic rings. The first-order chi connectivity index (χ1) is 12.2. The maximum absolute atomic E-state index is 12.4. The van der Waals surface area contributed by atoms with Crippen molar-refractivity contribution in [3.8, 4) is 0 Å². The Hall–Kier alpha value is -2.82. The number of benzene rings is 2. The minimum atomic E-state index is -0.144. The van der Waals surface area contributed by atoms with Crippen LogP contribution in [0.2, 0.25) is 0 Å². The first-order valence-corrected chi connectivity index (χ1v) is 8.62. The van der Waals surface area contributed by atoms with Crippen molar-refractivity contribution < 1.29 is 9.59 Å². The van der Waals surface area contributed by atoms with Crippen molar-refractivity contribution in [2.24, 2.45) is 0 Å². The number of rotatable bonds is 6. The summed E-state index contributed by atoms with van der Waals surface area (Å²) in [5.74, 6) is -0.00896. The van der Waals surface area contributed by atoms with Gasteiger partial charge in [0.15, 0.2) is 0 Å². The number of nitrogens with one attached hydrogen (secondary N) is 1. The van der Waals surface area contributed by atoms with Gasteiger partial charge in [-0.2, -0.15) is 0 Å². The van der Waals surface area contributed by atoms with E-state index in [1.54, 1.807) is 4.90 Å². The summed E-state index contributed by atoms with van der Waals surface area (Å²) in [5.41, 5.74) is 1.90. The molecule has 1 N–H and O–H groups in total. The molecule has 1 unspecified atom stereocenters. The highest BCUT2D eigenvalue weighted by Crippen LogP contribution is 2.21. The lowest BCUT2D eigenvalue weighted by molar-refractivity contribution is -0.120. The van der Waals surface area contributed by atoms with Crippen LogP contribution >= 0.6 is 0 Å². The lowest BCUT2D eigenvalue weighted by atomic mass is 10.2. The minimum Gasteiger partial charge on any atom is -0.363 e. The van der Waals surface area contributed by atoms with E-state index in [-0.39, 0.29) is 24.4 Å². The summed E-state index contributed by atoms with van der Waals surface area (Å²) in [4.78, 5) is 28.4. The number of anilines is 2. The van der Waals surface area contributed by atoms with Gasteiger partial charge in [-0.25, -0.2) is 0 Å². The third-order valence-corrected chi connectivity index (χ3v) is 4.40. The molecular formula is C20H23N3O2. The maximum Gasteiger partial charge on any atom is 0.239 e. The Morgan fingerprint density at radius 2 is 1.76 bits per heavy atom. The smallest absolute Gasteiger partial charge is 0.239 e. The lowest BCUT2D eigenvalue weighted by Crippen LogP contribution is -2.43. The molecule has 1 fully saturated rings. The van der Waals surface area contributed by atoms with E-state index in [2.05, 4.69) is 5.32 Å². The van der Waals surface area contributed by atoms with Crippen LogP contribution in [0, 0.1) is 0 Å². The van der Waals surface area contributed by atoms with Crippen molar-refractivity contribution in [1.29, 1.82) is 0 Å². The van der Waals surface area contributed by atoms with Crippen LogP contribution in [0.5, 0.6) is 0 Å². The van der Waals surface area contributed by atoms with E-state index in [4.69, 9.17) is 0 Å². The average Bonchev–Trinajstić information content (AvgIpc) is 3.01. The van der Waals surface area contributed by atoms with Gasteiger partial charge in [0.05, 0.1) is 12.6 Å². The van der Waals surface area contributed by atoms with Crippen LogP contribution in [0.3, 0.4) is 0 Å². The van der Waals surface area contributed by atoms with Crippen LogP contribution in [0.4, 0.5) is 11.4 Å². The Bertz CT molecular complexity index is 718. The zero-order valence-electron chi connectivity index (χ0n) is 14.4. The molecule has 1 atom stereocenters. The molecule has 5 heteroatoms. The molecule has 0 saturated carbocycles. The topological polar surface area (TPSA) is 52.7 Å². The second kappa shape index (κ2) is 7.83. The molecule has 0 aromatic heterocycles. The normalized spacial score (nSPS) is 16.8. The van der Waals surface area contributed by atoms with Crippen molar-refractivity contribution >= 4 is 23.2 Å². The van der Waals surface area contributed by atoms with E-state index in [1.165, 1.54) is 0 Å². The quantitative estimate of drug-likeness (QED) is 0.881. The van der Waals surface area contributed by atoms with Gasteiger partial charge in [-0.15, -0.1) is 0 Å². The van der Waals surface area contributed by atoms with E-state index in [0.29, 0.717) is 13.0 Å². The fraction of sp³-hybridized carbons (Fsp3) is 0.300. The molecule has 2 amide bonds. The molecule has 5 nitrogen and oxygen atoms in total. The highest BCUT2D eigenvalue weighted by Gasteiger charge is 2.31. The first-order valence-electron chi connectivity index (χ1n) is 8.62. The number of hydrogen-bond acceptors (Lipinski definition) is 3. The van der Waals surface area contributed by atoms with E-state index < -0.39 is 0 Å². The number of likely N-dealkylation sites (N-methyl/N-ethyl adjacent to an activating group) is 1. The van der Waals surface area contributed by atoms with Gasteiger partial charge in [0.2, 0.25) is 11.8 Å². The highest BCUT2D eigenvalue weighted by atomic mass is 16.2. The largest absolute Gasteiger partial charge is 0.363 e. The Labute approximate surface area is 148 Å². The molecule has 1 saturated heterocycles. The molecule has 0 spiro atoms. The van der Waals surface area contributed by atoms with Gasteiger partial charge in [0.25, 0.3) is 0 Å². The monoisotopic (exact) mass is 337 g/mol. The van der Waals surface area contributed by atoms with Crippen LogP contribution in [0.15, 0.2) is 60.7 Å². The SMILES string of the molecule is CCN(CC(=O)NC1CC(=O)N(c2ccccc2)C1)c1ccccc1. The Morgan fingerprint density at radius 1 is 1.12 bits per heavy atom. The van der Waals surface area contributed by atoms with Crippen LogP contribution < -0.4 is 15.1 Å². The van der Waals surface area contributed by atoms with Gasteiger partial charge < -0.3 is 15.1 Å². The summed E-state index contributed by atoms with van der Waals surface area (Å²) in [6.07, 6.45) is 0.345. The number of carbonyl (C=O) groups is 2. The first kappa shape index (κ1) is 17.0. The molecule has 0 radical (unpaired) electrons. The molecule has 1 heterocycles. The zero-order chi connectivity index (χ0) is 17.6. The zero-order valence-corrected chi connectivity index (χ0v) is 14.4. The van der Waals surface area contributed by atoms with Crippen molar-refractivity contribution in [3.63, 3.8) is 0 Å². The molecule has 0 aliphatic carbocycles. The second-order valence-corrected chi connectivity index (χ2v) is 6.16. The van der Waals surface area contributed by atoms with Crippen molar-refractivity contribution in [1.82, 2.24) is 5.32 Å². The Kier molecular flexibility index (Phi) is 5.33. The predicted octanol–water partition coefficient (Wildman–Crippen LogP) is 2.43. The molecule has 3 rings (SSSR count). The van der Waals surface area contributed by atoms with Gasteiger partial charge in [-0.05, 0) is 31.2 Å². The minimum absolute atomic E-state index is 0.0481. The van der Waals surface area contributed by atoms with Gasteiger partial charge in [-0.3, -0.25) is 9.59 Å². The van der Waals surface area contributed by atoms with E-state index in [1.807, 2.05) is 72.5 Å². The van der Waals surface area contributed by atoms with Crippen molar-refractivity contribution in [3.05, 3.63) is 60.7 Å². The Balaban J connectivity index is 1.57. The van der Waals surface area contributed by atoms with Gasteiger partial charge >= 0.3 is 0 Å². The van der Waals surface area contributed by atoms with E-state index in [9.17, 15) is 9.59 Å². The van der Waals surface area contributed by atoms with E-state index >= 15 is 0 Å².